The first-order valence-corrected chi connectivity index (χ1v) is 7.62. The van der Waals surface area contributed by atoms with Crippen molar-refractivity contribution in [3.8, 4) is 5.69 Å². The molecule has 3 nitrogen and oxygen atoms in total. The third-order valence-corrected chi connectivity index (χ3v) is 4.45. The summed E-state index contributed by atoms with van der Waals surface area (Å²) in [5.74, 6) is 0. The third kappa shape index (κ3) is 2.14. The van der Waals surface area contributed by atoms with Gasteiger partial charge in [0.2, 0.25) is 0 Å². The van der Waals surface area contributed by atoms with Crippen LogP contribution in [-0.4, -0.2) is 27.8 Å². The SMILES string of the molecule is CCN1CCc2cc(-n3ncc4ccccc43)ccc2C1. The van der Waals surface area contributed by atoms with E-state index in [1.54, 1.807) is 0 Å². The number of para-hydroxylation sites is 1. The second kappa shape index (κ2) is 5.01. The highest BCUT2D eigenvalue weighted by atomic mass is 15.3. The predicted molar refractivity (Wildman–Crippen MR) is 85.7 cm³/mol. The average Bonchev–Trinajstić information content (AvgIpc) is 2.98. The van der Waals surface area contributed by atoms with E-state index in [0.717, 1.165) is 26.1 Å². The van der Waals surface area contributed by atoms with Crippen LogP contribution in [0.25, 0.3) is 16.6 Å². The van der Waals surface area contributed by atoms with Gasteiger partial charge in [-0.1, -0.05) is 31.2 Å². The van der Waals surface area contributed by atoms with Crippen molar-refractivity contribution in [2.24, 2.45) is 0 Å². The molecule has 0 N–H and O–H groups in total. The monoisotopic (exact) mass is 277 g/mol. The van der Waals surface area contributed by atoms with Crippen LogP contribution >= 0.6 is 0 Å². The normalized spacial score (nSPS) is 15.3. The molecule has 0 saturated carbocycles. The van der Waals surface area contributed by atoms with Gasteiger partial charge < -0.3 is 0 Å². The minimum atomic E-state index is 1.08. The lowest BCUT2D eigenvalue weighted by Gasteiger charge is -2.27. The zero-order chi connectivity index (χ0) is 14.2. The lowest BCUT2D eigenvalue weighted by Crippen LogP contribution is -2.30. The lowest BCUT2D eigenvalue weighted by atomic mass is 9.99. The molecule has 4 rings (SSSR count). The van der Waals surface area contributed by atoms with Crippen LogP contribution in [0.3, 0.4) is 0 Å². The Bertz CT molecular complexity index is 788. The minimum Gasteiger partial charge on any atom is -0.299 e. The maximum atomic E-state index is 4.55. The van der Waals surface area contributed by atoms with E-state index in [-0.39, 0.29) is 0 Å². The number of hydrogen-bond acceptors (Lipinski definition) is 2. The second-order valence-corrected chi connectivity index (χ2v) is 5.69. The highest BCUT2D eigenvalue weighted by Gasteiger charge is 2.15. The molecule has 2 heterocycles. The molecule has 1 aromatic heterocycles. The molecular formula is C18H19N3. The number of likely N-dealkylation sites (N-methyl/N-ethyl adjacent to an activating group) is 1. The highest BCUT2D eigenvalue weighted by Crippen LogP contribution is 2.24. The van der Waals surface area contributed by atoms with Crippen LogP contribution in [0.15, 0.2) is 48.7 Å². The quantitative estimate of drug-likeness (QED) is 0.716. The Morgan fingerprint density at radius 3 is 2.90 bits per heavy atom. The van der Waals surface area contributed by atoms with Crippen molar-refractivity contribution in [2.45, 2.75) is 19.9 Å². The first kappa shape index (κ1) is 12.6. The molecule has 0 spiro atoms. The van der Waals surface area contributed by atoms with Gasteiger partial charge in [0.1, 0.15) is 0 Å². The summed E-state index contributed by atoms with van der Waals surface area (Å²) in [5.41, 5.74) is 5.27. The molecule has 21 heavy (non-hydrogen) atoms. The van der Waals surface area contributed by atoms with Crippen LogP contribution in [0.4, 0.5) is 0 Å². The van der Waals surface area contributed by atoms with E-state index in [0.29, 0.717) is 0 Å². The lowest BCUT2D eigenvalue weighted by molar-refractivity contribution is 0.268. The topological polar surface area (TPSA) is 21.1 Å². The fourth-order valence-corrected chi connectivity index (χ4v) is 3.18. The summed E-state index contributed by atoms with van der Waals surface area (Å²) in [5, 5.41) is 5.74. The van der Waals surface area contributed by atoms with Crippen molar-refractivity contribution < 1.29 is 0 Å². The van der Waals surface area contributed by atoms with Gasteiger partial charge in [-0.3, -0.25) is 4.90 Å². The molecular weight excluding hydrogens is 258 g/mol. The fourth-order valence-electron chi connectivity index (χ4n) is 3.18. The summed E-state index contributed by atoms with van der Waals surface area (Å²) in [6.45, 7) is 5.60. The Labute approximate surface area is 124 Å². The molecule has 1 aliphatic heterocycles. The molecule has 0 fully saturated rings. The largest absolute Gasteiger partial charge is 0.299 e. The van der Waals surface area contributed by atoms with E-state index < -0.39 is 0 Å². The number of fused-ring (bicyclic) bond motifs is 2. The molecule has 0 unspecified atom stereocenters. The number of rotatable bonds is 2. The van der Waals surface area contributed by atoms with Gasteiger partial charge in [-0.15, -0.1) is 0 Å². The van der Waals surface area contributed by atoms with Crippen molar-refractivity contribution >= 4 is 10.9 Å². The maximum absolute atomic E-state index is 4.55. The summed E-state index contributed by atoms with van der Waals surface area (Å²) >= 11 is 0. The molecule has 1 aliphatic rings. The van der Waals surface area contributed by atoms with Crippen LogP contribution in [-0.2, 0) is 13.0 Å². The smallest absolute Gasteiger partial charge is 0.0741 e. The standard InChI is InChI=1S/C18H19N3/c1-2-20-10-9-14-11-17(8-7-16(14)13-20)21-18-6-4-3-5-15(18)12-19-21/h3-8,11-12H,2,9-10,13H2,1H3. The van der Waals surface area contributed by atoms with Gasteiger partial charge in [-0.05, 0) is 42.3 Å². The molecule has 3 heteroatoms. The van der Waals surface area contributed by atoms with E-state index in [2.05, 4.69) is 59.4 Å². The Morgan fingerprint density at radius 2 is 2.00 bits per heavy atom. The summed E-state index contributed by atoms with van der Waals surface area (Å²) in [6.07, 6.45) is 3.07. The number of nitrogens with zero attached hydrogens (tertiary/aromatic N) is 3. The molecule has 2 aromatic carbocycles. The summed E-state index contributed by atoms with van der Waals surface area (Å²) in [4.78, 5) is 2.49. The molecule has 106 valence electrons. The van der Waals surface area contributed by atoms with Crippen LogP contribution < -0.4 is 0 Å². The van der Waals surface area contributed by atoms with E-state index in [1.807, 2.05) is 10.9 Å². The van der Waals surface area contributed by atoms with E-state index in [9.17, 15) is 0 Å². The first-order chi connectivity index (χ1) is 10.3. The van der Waals surface area contributed by atoms with Gasteiger partial charge in [0.05, 0.1) is 17.4 Å². The van der Waals surface area contributed by atoms with Gasteiger partial charge in [-0.25, -0.2) is 4.68 Å². The average molecular weight is 277 g/mol. The number of hydrogen-bond donors (Lipinski definition) is 0. The van der Waals surface area contributed by atoms with Gasteiger partial charge in [0.25, 0.3) is 0 Å². The summed E-state index contributed by atoms with van der Waals surface area (Å²) in [7, 11) is 0. The Balaban J connectivity index is 1.77. The van der Waals surface area contributed by atoms with Gasteiger partial charge in [0.15, 0.2) is 0 Å². The first-order valence-electron chi connectivity index (χ1n) is 7.62. The fraction of sp³-hybridized carbons (Fsp3) is 0.278. The molecule has 3 aromatic rings. The molecule has 0 atom stereocenters. The molecule has 0 amide bonds. The van der Waals surface area contributed by atoms with Gasteiger partial charge in [-0.2, -0.15) is 5.10 Å². The Morgan fingerprint density at radius 1 is 1.10 bits per heavy atom. The van der Waals surface area contributed by atoms with Crippen LogP contribution in [0.5, 0.6) is 0 Å². The highest BCUT2D eigenvalue weighted by molar-refractivity contribution is 5.80. The van der Waals surface area contributed by atoms with Crippen LogP contribution in [0, 0.1) is 0 Å². The van der Waals surface area contributed by atoms with Crippen molar-refractivity contribution in [1.82, 2.24) is 14.7 Å². The second-order valence-electron chi connectivity index (χ2n) is 5.69. The molecule has 0 aliphatic carbocycles. The summed E-state index contributed by atoms with van der Waals surface area (Å²) < 4.78 is 2.04. The zero-order valence-electron chi connectivity index (χ0n) is 12.3. The van der Waals surface area contributed by atoms with E-state index in [4.69, 9.17) is 0 Å². The van der Waals surface area contributed by atoms with Crippen molar-refractivity contribution in [2.75, 3.05) is 13.1 Å². The Kier molecular flexibility index (Phi) is 3.00. The number of aromatic nitrogens is 2. The van der Waals surface area contributed by atoms with E-state index >= 15 is 0 Å². The molecule has 0 bridgehead atoms. The van der Waals surface area contributed by atoms with Crippen molar-refractivity contribution in [3.05, 3.63) is 59.8 Å². The minimum absolute atomic E-state index is 1.08. The van der Waals surface area contributed by atoms with Crippen molar-refractivity contribution in [1.29, 1.82) is 0 Å². The maximum Gasteiger partial charge on any atom is 0.0741 e. The third-order valence-electron chi connectivity index (χ3n) is 4.45. The predicted octanol–water partition coefficient (Wildman–Crippen LogP) is 3.40. The Hall–Kier alpha value is -2.13. The van der Waals surface area contributed by atoms with E-state index in [1.165, 1.54) is 27.7 Å². The molecule has 0 saturated heterocycles. The van der Waals surface area contributed by atoms with Crippen LogP contribution in [0.2, 0.25) is 0 Å². The number of benzene rings is 2. The van der Waals surface area contributed by atoms with Gasteiger partial charge in [0, 0.05) is 18.5 Å². The van der Waals surface area contributed by atoms with Crippen molar-refractivity contribution in [3.63, 3.8) is 0 Å². The zero-order valence-corrected chi connectivity index (χ0v) is 12.3. The van der Waals surface area contributed by atoms with Crippen LogP contribution in [0.1, 0.15) is 18.1 Å². The molecule has 0 radical (unpaired) electrons. The van der Waals surface area contributed by atoms with Gasteiger partial charge >= 0.3 is 0 Å². The summed E-state index contributed by atoms with van der Waals surface area (Å²) in [6, 6.07) is 15.1.